The van der Waals surface area contributed by atoms with Gasteiger partial charge in [-0.1, -0.05) is 11.6 Å². The molecule has 6 heteroatoms. The first-order valence-corrected chi connectivity index (χ1v) is 6.54. The summed E-state index contributed by atoms with van der Waals surface area (Å²) < 4.78 is 0. The summed E-state index contributed by atoms with van der Waals surface area (Å²) in [6, 6.07) is 4.61. The van der Waals surface area contributed by atoms with Gasteiger partial charge in [0.15, 0.2) is 0 Å². The van der Waals surface area contributed by atoms with Crippen LogP contribution in [0.4, 0.5) is 5.69 Å². The zero-order valence-corrected chi connectivity index (χ0v) is 11.2. The number of benzene rings is 1. The topological polar surface area (TPSA) is 84.2 Å². The molecule has 0 heterocycles. The highest BCUT2D eigenvalue weighted by Crippen LogP contribution is 2.27. The quantitative estimate of drug-likeness (QED) is 0.736. The number of primary amides is 1. The van der Waals surface area contributed by atoms with Crippen LogP contribution in [0.5, 0.6) is 0 Å². The lowest BCUT2D eigenvalue weighted by molar-refractivity contribution is -0.115. The third kappa shape index (κ3) is 4.22. The molecule has 19 heavy (non-hydrogen) atoms. The first kappa shape index (κ1) is 13.8. The Labute approximate surface area is 116 Å². The molecular formula is C13H16ClN3O2. The third-order valence-corrected chi connectivity index (χ3v) is 3.25. The van der Waals surface area contributed by atoms with E-state index >= 15 is 0 Å². The number of carbonyl (C=O) groups excluding carboxylic acids is 2. The molecule has 1 aliphatic rings. The Morgan fingerprint density at radius 3 is 2.68 bits per heavy atom. The van der Waals surface area contributed by atoms with Gasteiger partial charge in [-0.15, -0.1) is 0 Å². The molecule has 0 bridgehead atoms. The van der Waals surface area contributed by atoms with Crippen LogP contribution in [-0.2, 0) is 4.79 Å². The predicted molar refractivity (Wildman–Crippen MR) is 74.2 cm³/mol. The zero-order valence-electron chi connectivity index (χ0n) is 10.4. The van der Waals surface area contributed by atoms with E-state index in [9.17, 15) is 9.59 Å². The third-order valence-electron chi connectivity index (χ3n) is 2.93. The molecule has 0 spiro atoms. The van der Waals surface area contributed by atoms with Crippen molar-refractivity contribution in [1.82, 2.24) is 5.32 Å². The second-order valence-corrected chi connectivity index (χ2v) is 5.09. The lowest BCUT2D eigenvalue weighted by Crippen LogP contribution is -2.29. The van der Waals surface area contributed by atoms with Crippen LogP contribution in [0.3, 0.4) is 0 Å². The molecular weight excluding hydrogens is 266 g/mol. The van der Waals surface area contributed by atoms with Gasteiger partial charge in [0.1, 0.15) is 0 Å². The molecule has 0 aromatic heterocycles. The van der Waals surface area contributed by atoms with E-state index in [1.54, 1.807) is 6.07 Å². The predicted octanol–water partition coefficient (Wildman–Crippen LogP) is 1.38. The SMILES string of the molecule is NC(=O)c1ccc(NC(=O)CNCC2CC2)cc1Cl. The van der Waals surface area contributed by atoms with E-state index in [2.05, 4.69) is 10.6 Å². The van der Waals surface area contributed by atoms with Gasteiger partial charge in [-0.05, 0) is 43.5 Å². The van der Waals surface area contributed by atoms with Gasteiger partial charge in [0, 0.05) is 5.69 Å². The van der Waals surface area contributed by atoms with Gasteiger partial charge in [-0.3, -0.25) is 9.59 Å². The van der Waals surface area contributed by atoms with Crippen molar-refractivity contribution in [3.8, 4) is 0 Å². The molecule has 0 aliphatic heterocycles. The first-order chi connectivity index (χ1) is 9.06. The lowest BCUT2D eigenvalue weighted by atomic mass is 10.2. The maximum absolute atomic E-state index is 11.6. The summed E-state index contributed by atoms with van der Waals surface area (Å²) in [6.45, 7) is 1.15. The number of amides is 2. The van der Waals surface area contributed by atoms with Crippen molar-refractivity contribution >= 4 is 29.1 Å². The molecule has 102 valence electrons. The molecule has 2 rings (SSSR count). The highest BCUT2D eigenvalue weighted by atomic mass is 35.5. The summed E-state index contributed by atoms with van der Waals surface area (Å²) in [5.74, 6) is 0.00890. The number of halogens is 1. The standard InChI is InChI=1S/C13H16ClN3O2/c14-11-5-9(3-4-10(11)13(15)19)17-12(18)7-16-6-8-1-2-8/h3-5,8,16H,1-2,6-7H2,(H2,15,19)(H,17,18). The van der Waals surface area contributed by atoms with Gasteiger partial charge >= 0.3 is 0 Å². The molecule has 1 fully saturated rings. The van der Waals surface area contributed by atoms with Gasteiger partial charge in [-0.25, -0.2) is 0 Å². The highest BCUT2D eigenvalue weighted by Gasteiger charge is 2.20. The minimum absolute atomic E-state index is 0.136. The Morgan fingerprint density at radius 2 is 2.11 bits per heavy atom. The Bertz CT molecular complexity index is 501. The number of hydrogen-bond acceptors (Lipinski definition) is 3. The average Bonchev–Trinajstić information content (AvgIpc) is 3.12. The molecule has 1 aromatic rings. The number of anilines is 1. The number of nitrogens with two attached hydrogens (primary N) is 1. The maximum Gasteiger partial charge on any atom is 0.250 e. The van der Waals surface area contributed by atoms with E-state index < -0.39 is 5.91 Å². The van der Waals surface area contributed by atoms with Gasteiger partial charge in [0.2, 0.25) is 11.8 Å². The van der Waals surface area contributed by atoms with E-state index in [-0.39, 0.29) is 23.0 Å². The van der Waals surface area contributed by atoms with Crippen LogP contribution in [0.1, 0.15) is 23.2 Å². The van der Waals surface area contributed by atoms with Crippen molar-refractivity contribution in [3.63, 3.8) is 0 Å². The van der Waals surface area contributed by atoms with Crippen molar-refractivity contribution in [1.29, 1.82) is 0 Å². The smallest absolute Gasteiger partial charge is 0.250 e. The molecule has 0 radical (unpaired) electrons. The van der Waals surface area contributed by atoms with Crippen LogP contribution in [0.15, 0.2) is 18.2 Å². The Hall–Kier alpha value is -1.59. The van der Waals surface area contributed by atoms with E-state index in [0.717, 1.165) is 12.5 Å². The number of carbonyl (C=O) groups is 2. The molecule has 1 saturated carbocycles. The van der Waals surface area contributed by atoms with Crippen molar-refractivity contribution in [2.45, 2.75) is 12.8 Å². The van der Waals surface area contributed by atoms with Crippen molar-refractivity contribution in [3.05, 3.63) is 28.8 Å². The van der Waals surface area contributed by atoms with Crippen molar-refractivity contribution in [2.75, 3.05) is 18.4 Å². The maximum atomic E-state index is 11.6. The first-order valence-electron chi connectivity index (χ1n) is 6.16. The summed E-state index contributed by atoms with van der Waals surface area (Å²) in [7, 11) is 0. The lowest BCUT2D eigenvalue weighted by Gasteiger charge is -2.08. The highest BCUT2D eigenvalue weighted by molar-refractivity contribution is 6.34. The van der Waals surface area contributed by atoms with Gasteiger partial charge in [0.25, 0.3) is 0 Å². The van der Waals surface area contributed by atoms with Crippen molar-refractivity contribution in [2.24, 2.45) is 11.7 Å². The van der Waals surface area contributed by atoms with E-state index in [0.29, 0.717) is 5.69 Å². The summed E-state index contributed by atoms with van der Waals surface area (Å²) in [4.78, 5) is 22.6. The molecule has 0 atom stereocenters. The van der Waals surface area contributed by atoms with E-state index in [1.807, 2.05) is 0 Å². The fourth-order valence-corrected chi connectivity index (χ4v) is 1.98. The fraction of sp³-hybridized carbons (Fsp3) is 0.385. The summed E-state index contributed by atoms with van der Waals surface area (Å²) in [6.07, 6.45) is 2.50. The van der Waals surface area contributed by atoms with Crippen molar-refractivity contribution < 1.29 is 9.59 Å². The Morgan fingerprint density at radius 1 is 1.37 bits per heavy atom. The monoisotopic (exact) mass is 281 g/mol. The zero-order chi connectivity index (χ0) is 13.8. The van der Waals surface area contributed by atoms with Crippen LogP contribution >= 0.6 is 11.6 Å². The van der Waals surface area contributed by atoms with E-state index in [1.165, 1.54) is 25.0 Å². The van der Waals surface area contributed by atoms with Gasteiger partial charge < -0.3 is 16.4 Å². The fourth-order valence-electron chi connectivity index (χ4n) is 1.71. The largest absolute Gasteiger partial charge is 0.366 e. The number of hydrogen-bond donors (Lipinski definition) is 3. The molecule has 0 saturated heterocycles. The van der Waals surface area contributed by atoms with Crippen LogP contribution in [0.25, 0.3) is 0 Å². The molecule has 0 unspecified atom stereocenters. The van der Waals surface area contributed by atoms with Crippen LogP contribution < -0.4 is 16.4 Å². The minimum Gasteiger partial charge on any atom is -0.366 e. The average molecular weight is 282 g/mol. The molecule has 4 N–H and O–H groups in total. The second-order valence-electron chi connectivity index (χ2n) is 4.68. The Balaban J connectivity index is 1.85. The van der Waals surface area contributed by atoms with E-state index in [4.69, 9.17) is 17.3 Å². The Kier molecular flexibility index (Phi) is 4.39. The van der Waals surface area contributed by atoms with Gasteiger partial charge in [-0.2, -0.15) is 0 Å². The summed E-state index contributed by atoms with van der Waals surface area (Å²) in [5, 5.41) is 6.03. The van der Waals surface area contributed by atoms with Crippen LogP contribution in [0, 0.1) is 5.92 Å². The minimum atomic E-state index is -0.589. The number of rotatable bonds is 6. The molecule has 1 aliphatic carbocycles. The molecule has 2 amide bonds. The summed E-state index contributed by atoms with van der Waals surface area (Å²) >= 11 is 5.89. The molecule has 5 nitrogen and oxygen atoms in total. The van der Waals surface area contributed by atoms with Crippen LogP contribution in [-0.4, -0.2) is 24.9 Å². The van der Waals surface area contributed by atoms with Gasteiger partial charge in [0.05, 0.1) is 17.1 Å². The second kappa shape index (κ2) is 6.04. The molecule has 1 aromatic carbocycles. The summed E-state index contributed by atoms with van der Waals surface area (Å²) in [5.41, 5.74) is 5.94. The van der Waals surface area contributed by atoms with Crippen LogP contribution in [0.2, 0.25) is 5.02 Å². The normalized spacial score (nSPS) is 14.2. The number of nitrogens with one attached hydrogen (secondary N) is 2.